The van der Waals surface area contributed by atoms with Crippen LogP contribution in [0.3, 0.4) is 0 Å². The van der Waals surface area contributed by atoms with E-state index in [-0.39, 0.29) is 23.7 Å². The van der Waals surface area contributed by atoms with Gasteiger partial charge >= 0.3 is 0 Å². The number of carbonyl (C=O) groups excluding carboxylic acids is 2. The SMILES string of the molecule is O=C1NC(=O)[C@H]2[C@@H]1[C@@H]1C[C@H]2C2OC21. The summed E-state index contributed by atoms with van der Waals surface area (Å²) in [6, 6.07) is 0. The number of hydrogen-bond acceptors (Lipinski definition) is 3. The predicted octanol–water partition coefficient (Wildman–Crippen LogP) is -0.708. The minimum atomic E-state index is -0.0588. The first kappa shape index (κ1) is 6.54. The first-order valence-corrected chi connectivity index (χ1v) is 4.77. The molecule has 4 nitrogen and oxygen atoms in total. The zero-order chi connectivity index (χ0) is 8.74. The highest BCUT2D eigenvalue weighted by Crippen LogP contribution is 2.62. The van der Waals surface area contributed by atoms with Crippen LogP contribution in [0.2, 0.25) is 0 Å². The van der Waals surface area contributed by atoms with E-state index in [1.807, 2.05) is 0 Å². The molecular weight excluding hydrogens is 170 g/mol. The number of imide groups is 1. The number of epoxide rings is 1. The molecule has 0 aromatic heterocycles. The molecule has 2 saturated carbocycles. The molecule has 4 heteroatoms. The summed E-state index contributed by atoms with van der Waals surface area (Å²) in [5.41, 5.74) is 0. The lowest BCUT2D eigenvalue weighted by molar-refractivity contribution is -0.127. The maximum Gasteiger partial charge on any atom is 0.230 e. The van der Waals surface area contributed by atoms with Gasteiger partial charge in [0.05, 0.1) is 24.0 Å². The van der Waals surface area contributed by atoms with Crippen LogP contribution in [0.4, 0.5) is 0 Å². The van der Waals surface area contributed by atoms with Gasteiger partial charge in [-0.2, -0.15) is 0 Å². The van der Waals surface area contributed by atoms with Crippen molar-refractivity contribution in [2.24, 2.45) is 23.7 Å². The highest BCUT2D eigenvalue weighted by atomic mass is 16.6. The third-order valence-electron chi connectivity index (χ3n) is 4.11. The van der Waals surface area contributed by atoms with E-state index in [1.165, 1.54) is 0 Å². The number of hydrogen-bond donors (Lipinski definition) is 1. The van der Waals surface area contributed by atoms with Gasteiger partial charge in [0.2, 0.25) is 11.8 Å². The molecule has 0 spiro atoms. The molecule has 2 aliphatic carbocycles. The molecule has 2 aliphatic heterocycles. The maximum absolute atomic E-state index is 11.4. The molecule has 13 heavy (non-hydrogen) atoms. The summed E-state index contributed by atoms with van der Waals surface area (Å²) in [5, 5.41) is 2.43. The van der Waals surface area contributed by atoms with Crippen molar-refractivity contribution >= 4 is 11.8 Å². The average molecular weight is 179 g/mol. The molecule has 2 unspecified atom stereocenters. The lowest BCUT2D eigenvalue weighted by Gasteiger charge is -2.15. The zero-order valence-corrected chi connectivity index (χ0v) is 6.90. The number of fused-ring (bicyclic) bond motifs is 8. The second-order valence-electron chi connectivity index (χ2n) is 4.53. The Kier molecular flexibility index (Phi) is 0.836. The van der Waals surface area contributed by atoms with E-state index in [2.05, 4.69) is 5.32 Å². The summed E-state index contributed by atoms with van der Waals surface area (Å²) in [4.78, 5) is 22.9. The van der Waals surface area contributed by atoms with Crippen LogP contribution < -0.4 is 5.32 Å². The van der Waals surface area contributed by atoms with E-state index in [0.29, 0.717) is 24.0 Å². The van der Waals surface area contributed by atoms with Crippen molar-refractivity contribution in [2.45, 2.75) is 18.6 Å². The molecule has 4 aliphatic rings. The molecule has 4 fully saturated rings. The smallest absolute Gasteiger partial charge is 0.230 e. The van der Waals surface area contributed by atoms with Crippen LogP contribution in [-0.4, -0.2) is 24.0 Å². The van der Waals surface area contributed by atoms with Crippen molar-refractivity contribution in [1.29, 1.82) is 0 Å². The Morgan fingerprint density at radius 3 is 2.15 bits per heavy atom. The predicted molar refractivity (Wildman–Crippen MR) is 40.4 cm³/mol. The Labute approximate surface area is 74.6 Å². The molecule has 68 valence electrons. The molecule has 2 bridgehead atoms. The Balaban J connectivity index is 1.84. The van der Waals surface area contributed by atoms with Crippen molar-refractivity contribution in [3.05, 3.63) is 0 Å². The Morgan fingerprint density at radius 2 is 1.62 bits per heavy atom. The zero-order valence-electron chi connectivity index (χ0n) is 6.90. The molecule has 6 atom stereocenters. The number of amides is 2. The molecule has 2 saturated heterocycles. The lowest BCUT2D eigenvalue weighted by Crippen LogP contribution is -2.29. The number of ether oxygens (including phenoxy) is 1. The van der Waals surface area contributed by atoms with Crippen LogP contribution in [0.25, 0.3) is 0 Å². The Hall–Kier alpha value is -0.900. The van der Waals surface area contributed by atoms with Crippen molar-refractivity contribution < 1.29 is 14.3 Å². The summed E-state index contributed by atoms with van der Waals surface area (Å²) in [7, 11) is 0. The van der Waals surface area contributed by atoms with Crippen LogP contribution in [0.1, 0.15) is 6.42 Å². The quantitative estimate of drug-likeness (QED) is 0.395. The number of rotatable bonds is 0. The van der Waals surface area contributed by atoms with Crippen molar-refractivity contribution in [2.75, 3.05) is 0 Å². The first-order valence-electron chi connectivity index (χ1n) is 4.77. The van der Waals surface area contributed by atoms with E-state index in [1.54, 1.807) is 0 Å². The summed E-state index contributed by atoms with van der Waals surface area (Å²) < 4.78 is 5.44. The van der Waals surface area contributed by atoms with Gasteiger partial charge in [-0.05, 0) is 6.42 Å². The van der Waals surface area contributed by atoms with Crippen LogP contribution in [0.15, 0.2) is 0 Å². The van der Waals surface area contributed by atoms with Gasteiger partial charge in [0.15, 0.2) is 0 Å². The monoisotopic (exact) mass is 179 g/mol. The fraction of sp³-hybridized carbons (Fsp3) is 0.778. The third kappa shape index (κ3) is 0.544. The van der Waals surface area contributed by atoms with Crippen LogP contribution in [0.5, 0.6) is 0 Å². The third-order valence-corrected chi connectivity index (χ3v) is 4.11. The van der Waals surface area contributed by atoms with Gasteiger partial charge in [-0.25, -0.2) is 0 Å². The number of nitrogens with one attached hydrogen (secondary N) is 1. The van der Waals surface area contributed by atoms with Gasteiger partial charge in [0.1, 0.15) is 0 Å². The largest absolute Gasteiger partial charge is 0.369 e. The van der Waals surface area contributed by atoms with E-state index >= 15 is 0 Å². The molecule has 2 heterocycles. The van der Waals surface area contributed by atoms with E-state index in [0.717, 1.165) is 6.42 Å². The van der Waals surface area contributed by atoms with Crippen LogP contribution >= 0.6 is 0 Å². The van der Waals surface area contributed by atoms with Gasteiger partial charge in [-0.1, -0.05) is 0 Å². The normalized spacial score (nSPS) is 60.6. The molecule has 2 amide bonds. The summed E-state index contributed by atoms with van der Waals surface area (Å²) in [6.07, 6.45) is 1.65. The second kappa shape index (κ2) is 1.66. The summed E-state index contributed by atoms with van der Waals surface area (Å²) >= 11 is 0. The minimum Gasteiger partial charge on any atom is -0.369 e. The van der Waals surface area contributed by atoms with Crippen molar-refractivity contribution in [1.82, 2.24) is 5.32 Å². The molecular formula is C9H9NO3. The molecule has 4 rings (SSSR count). The van der Waals surface area contributed by atoms with Gasteiger partial charge in [0, 0.05) is 11.8 Å². The van der Waals surface area contributed by atoms with Crippen molar-refractivity contribution in [3.8, 4) is 0 Å². The van der Waals surface area contributed by atoms with Crippen LogP contribution in [-0.2, 0) is 14.3 Å². The molecule has 0 radical (unpaired) electrons. The van der Waals surface area contributed by atoms with Gasteiger partial charge < -0.3 is 4.74 Å². The average Bonchev–Trinajstić information content (AvgIpc) is 2.58. The Bertz CT molecular complexity index is 310. The topological polar surface area (TPSA) is 58.7 Å². The van der Waals surface area contributed by atoms with E-state index in [4.69, 9.17) is 4.74 Å². The fourth-order valence-electron chi connectivity index (χ4n) is 3.65. The molecule has 0 aromatic rings. The summed E-state index contributed by atoms with van der Waals surface area (Å²) in [6.45, 7) is 0. The molecule has 1 N–H and O–H groups in total. The lowest BCUT2D eigenvalue weighted by atomic mass is 9.81. The highest BCUT2D eigenvalue weighted by Gasteiger charge is 2.72. The van der Waals surface area contributed by atoms with E-state index < -0.39 is 0 Å². The number of carbonyl (C=O) groups is 2. The first-order chi connectivity index (χ1) is 6.27. The van der Waals surface area contributed by atoms with Gasteiger partial charge in [0.25, 0.3) is 0 Å². The van der Waals surface area contributed by atoms with Crippen molar-refractivity contribution in [3.63, 3.8) is 0 Å². The maximum atomic E-state index is 11.4. The standard InChI is InChI=1S/C9H9NO3/c11-8-4-2-1-3(7-6(2)13-7)5(4)9(12)10-8/h2-7H,1H2,(H,10,11,12)/t2-,3+,4-,5+,6?,7?. The van der Waals surface area contributed by atoms with Gasteiger partial charge in [-0.3, -0.25) is 14.9 Å². The fourth-order valence-corrected chi connectivity index (χ4v) is 3.65. The highest BCUT2D eigenvalue weighted by molar-refractivity contribution is 6.06. The molecule has 0 aromatic carbocycles. The second-order valence-corrected chi connectivity index (χ2v) is 4.53. The minimum absolute atomic E-state index is 0.0544. The summed E-state index contributed by atoms with van der Waals surface area (Å²) in [5.74, 6) is 0.452. The van der Waals surface area contributed by atoms with Crippen LogP contribution in [0, 0.1) is 23.7 Å². The van der Waals surface area contributed by atoms with Gasteiger partial charge in [-0.15, -0.1) is 0 Å². The van der Waals surface area contributed by atoms with E-state index in [9.17, 15) is 9.59 Å². The Morgan fingerprint density at radius 1 is 1.08 bits per heavy atom.